The molecule has 1 aromatic carbocycles. The molecular weight excluding hydrogens is 254 g/mol. The number of benzene rings is 1. The van der Waals surface area contributed by atoms with Crippen LogP contribution in [0.1, 0.15) is 12.6 Å². The Morgan fingerprint density at radius 1 is 1.15 bits per heavy atom. The summed E-state index contributed by atoms with van der Waals surface area (Å²) in [6, 6.07) is 12.1. The van der Waals surface area contributed by atoms with Gasteiger partial charge in [-0.15, -0.1) is 0 Å². The summed E-state index contributed by atoms with van der Waals surface area (Å²) in [5.74, 6) is 0. The van der Waals surface area contributed by atoms with Gasteiger partial charge in [-0.25, -0.2) is 4.68 Å². The summed E-state index contributed by atoms with van der Waals surface area (Å²) in [5.41, 5.74) is 2.03. The molecule has 108 valence electrons. The zero-order chi connectivity index (χ0) is 14.4. The Labute approximate surface area is 119 Å². The van der Waals surface area contributed by atoms with Crippen LogP contribution in [0.15, 0.2) is 42.6 Å². The monoisotopic (exact) mass is 275 g/mol. The molecule has 20 heavy (non-hydrogen) atoms. The van der Waals surface area contributed by atoms with Crippen molar-refractivity contribution in [3.8, 4) is 5.69 Å². The molecule has 0 aliphatic carbocycles. The van der Waals surface area contributed by atoms with Crippen molar-refractivity contribution in [1.82, 2.24) is 15.1 Å². The van der Waals surface area contributed by atoms with Crippen molar-refractivity contribution in [2.45, 2.75) is 25.8 Å². The van der Waals surface area contributed by atoms with E-state index >= 15 is 0 Å². The smallest absolute Gasteiger partial charge is 0.171 e. The van der Waals surface area contributed by atoms with E-state index in [1.54, 1.807) is 14.2 Å². The number of ether oxygens (including phenoxy) is 2. The second-order valence-electron chi connectivity index (χ2n) is 4.60. The molecule has 0 aliphatic rings. The SMILES string of the molecule is COC(OC)C(C)NCc1ccn(-c2ccccc2)n1. The van der Waals surface area contributed by atoms with Crippen LogP contribution >= 0.6 is 0 Å². The van der Waals surface area contributed by atoms with E-state index in [0.717, 1.165) is 11.4 Å². The fraction of sp³-hybridized carbons (Fsp3) is 0.400. The number of hydrogen-bond acceptors (Lipinski definition) is 4. The maximum atomic E-state index is 5.21. The van der Waals surface area contributed by atoms with Crippen LogP contribution in [0.2, 0.25) is 0 Å². The molecule has 1 aromatic heterocycles. The van der Waals surface area contributed by atoms with Gasteiger partial charge in [-0.3, -0.25) is 0 Å². The zero-order valence-electron chi connectivity index (χ0n) is 12.1. The van der Waals surface area contributed by atoms with E-state index in [0.29, 0.717) is 6.54 Å². The highest BCUT2D eigenvalue weighted by atomic mass is 16.7. The van der Waals surface area contributed by atoms with Gasteiger partial charge in [-0.05, 0) is 25.1 Å². The van der Waals surface area contributed by atoms with Crippen LogP contribution in [-0.2, 0) is 16.0 Å². The van der Waals surface area contributed by atoms with Crippen LogP contribution in [0.3, 0.4) is 0 Å². The molecule has 0 bridgehead atoms. The highest BCUT2D eigenvalue weighted by molar-refractivity contribution is 5.30. The molecule has 1 heterocycles. The van der Waals surface area contributed by atoms with Crippen molar-refractivity contribution in [2.24, 2.45) is 0 Å². The second-order valence-corrected chi connectivity index (χ2v) is 4.60. The third-order valence-electron chi connectivity index (χ3n) is 3.14. The van der Waals surface area contributed by atoms with E-state index in [4.69, 9.17) is 9.47 Å². The molecule has 2 aromatic rings. The molecule has 0 aliphatic heterocycles. The molecule has 0 amide bonds. The Balaban J connectivity index is 1.94. The van der Waals surface area contributed by atoms with Crippen LogP contribution in [0.5, 0.6) is 0 Å². The highest BCUT2D eigenvalue weighted by Crippen LogP contribution is 2.07. The van der Waals surface area contributed by atoms with Gasteiger partial charge in [-0.1, -0.05) is 18.2 Å². The zero-order valence-corrected chi connectivity index (χ0v) is 12.1. The van der Waals surface area contributed by atoms with Crippen molar-refractivity contribution >= 4 is 0 Å². The summed E-state index contributed by atoms with van der Waals surface area (Å²) in [5, 5.41) is 7.88. The van der Waals surface area contributed by atoms with Gasteiger partial charge < -0.3 is 14.8 Å². The van der Waals surface area contributed by atoms with Gasteiger partial charge >= 0.3 is 0 Å². The summed E-state index contributed by atoms with van der Waals surface area (Å²) in [7, 11) is 3.27. The van der Waals surface area contributed by atoms with Crippen molar-refractivity contribution < 1.29 is 9.47 Å². The summed E-state index contributed by atoms with van der Waals surface area (Å²) in [4.78, 5) is 0. The van der Waals surface area contributed by atoms with E-state index in [1.165, 1.54) is 0 Å². The fourth-order valence-electron chi connectivity index (χ4n) is 2.05. The Morgan fingerprint density at radius 2 is 1.85 bits per heavy atom. The first-order chi connectivity index (χ1) is 9.74. The second kappa shape index (κ2) is 7.19. The third-order valence-corrected chi connectivity index (χ3v) is 3.14. The molecule has 0 radical (unpaired) electrons. The van der Waals surface area contributed by atoms with Gasteiger partial charge in [-0.2, -0.15) is 5.10 Å². The number of nitrogens with zero attached hydrogens (tertiary/aromatic N) is 2. The van der Waals surface area contributed by atoms with Crippen molar-refractivity contribution in [3.05, 3.63) is 48.3 Å². The van der Waals surface area contributed by atoms with Crippen molar-refractivity contribution in [3.63, 3.8) is 0 Å². The third kappa shape index (κ3) is 3.66. The lowest BCUT2D eigenvalue weighted by atomic mass is 10.3. The standard InChI is InChI=1S/C15H21N3O2/c1-12(15(19-2)20-3)16-11-13-9-10-18(17-13)14-7-5-4-6-8-14/h4-10,12,15-16H,11H2,1-3H3. The van der Waals surface area contributed by atoms with Crippen LogP contribution in [-0.4, -0.2) is 36.3 Å². The number of para-hydroxylation sites is 1. The Morgan fingerprint density at radius 3 is 2.50 bits per heavy atom. The molecule has 0 saturated heterocycles. The Bertz CT molecular complexity index is 509. The maximum absolute atomic E-state index is 5.21. The van der Waals surface area contributed by atoms with Crippen molar-refractivity contribution in [2.75, 3.05) is 14.2 Å². The first-order valence-corrected chi connectivity index (χ1v) is 6.63. The summed E-state index contributed by atoms with van der Waals surface area (Å²) < 4.78 is 12.3. The van der Waals surface area contributed by atoms with Gasteiger partial charge in [0.25, 0.3) is 0 Å². The summed E-state index contributed by atoms with van der Waals surface area (Å²) in [6.07, 6.45) is 1.70. The van der Waals surface area contributed by atoms with E-state index in [-0.39, 0.29) is 12.3 Å². The van der Waals surface area contributed by atoms with Gasteiger partial charge in [0.15, 0.2) is 6.29 Å². The number of rotatable bonds is 7. The number of methoxy groups -OCH3 is 2. The lowest BCUT2D eigenvalue weighted by Crippen LogP contribution is -2.39. The number of hydrogen-bond donors (Lipinski definition) is 1. The van der Waals surface area contributed by atoms with Gasteiger partial charge in [0.1, 0.15) is 0 Å². The molecule has 5 nitrogen and oxygen atoms in total. The predicted molar refractivity (Wildman–Crippen MR) is 77.7 cm³/mol. The van der Waals surface area contributed by atoms with Gasteiger partial charge in [0.05, 0.1) is 17.4 Å². The van der Waals surface area contributed by atoms with E-state index in [1.807, 2.05) is 54.2 Å². The van der Waals surface area contributed by atoms with Crippen LogP contribution in [0.4, 0.5) is 0 Å². The average molecular weight is 275 g/mol. The first-order valence-electron chi connectivity index (χ1n) is 6.63. The van der Waals surface area contributed by atoms with Gasteiger partial charge in [0, 0.05) is 27.0 Å². The lowest BCUT2D eigenvalue weighted by molar-refractivity contribution is -0.119. The summed E-state index contributed by atoms with van der Waals surface area (Å²) >= 11 is 0. The summed E-state index contributed by atoms with van der Waals surface area (Å²) in [6.45, 7) is 2.69. The minimum atomic E-state index is -0.258. The van der Waals surface area contributed by atoms with Crippen LogP contribution in [0, 0.1) is 0 Å². The molecule has 0 fully saturated rings. The Hall–Kier alpha value is -1.69. The Kier molecular flexibility index (Phi) is 5.29. The van der Waals surface area contributed by atoms with Crippen molar-refractivity contribution in [1.29, 1.82) is 0 Å². The minimum absolute atomic E-state index is 0.0897. The largest absolute Gasteiger partial charge is 0.354 e. The predicted octanol–water partition coefficient (Wildman–Crippen LogP) is 1.97. The molecule has 5 heteroatoms. The minimum Gasteiger partial charge on any atom is -0.354 e. The number of aromatic nitrogens is 2. The van der Waals surface area contributed by atoms with Gasteiger partial charge in [0.2, 0.25) is 0 Å². The molecule has 2 rings (SSSR count). The first kappa shape index (κ1) is 14.7. The molecule has 0 saturated carbocycles. The van der Waals surface area contributed by atoms with E-state index < -0.39 is 0 Å². The molecule has 0 spiro atoms. The van der Waals surface area contributed by atoms with Crippen LogP contribution in [0.25, 0.3) is 5.69 Å². The number of nitrogens with one attached hydrogen (secondary N) is 1. The maximum Gasteiger partial charge on any atom is 0.171 e. The normalized spacial score (nSPS) is 12.8. The average Bonchev–Trinajstić information content (AvgIpc) is 2.96. The molecule has 1 unspecified atom stereocenters. The molecular formula is C15H21N3O2. The highest BCUT2D eigenvalue weighted by Gasteiger charge is 2.15. The van der Waals surface area contributed by atoms with E-state index in [9.17, 15) is 0 Å². The quantitative estimate of drug-likeness (QED) is 0.785. The van der Waals surface area contributed by atoms with E-state index in [2.05, 4.69) is 10.4 Å². The molecule has 1 atom stereocenters. The topological polar surface area (TPSA) is 48.3 Å². The lowest BCUT2D eigenvalue weighted by Gasteiger charge is -2.21. The fourth-order valence-corrected chi connectivity index (χ4v) is 2.05. The molecule has 1 N–H and O–H groups in total. The van der Waals surface area contributed by atoms with Crippen LogP contribution < -0.4 is 5.32 Å².